The lowest BCUT2D eigenvalue weighted by Gasteiger charge is -2.24. The van der Waals surface area contributed by atoms with Crippen molar-refractivity contribution in [3.05, 3.63) is 30.1 Å². The Labute approximate surface area is 144 Å². The summed E-state index contributed by atoms with van der Waals surface area (Å²) in [6.07, 6.45) is 1.17. The first-order chi connectivity index (χ1) is 11.1. The van der Waals surface area contributed by atoms with Gasteiger partial charge in [-0.1, -0.05) is 19.9 Å². The summed E-state index contributed by atoms with van der Waals surface area (Å²) in [5, 5.41) is 5.68. The number of pyridine rings is 1. The molecule has 2 atom stereocenters. The van der Waals surface area contributed by atoms with Crippen molar-refractivity contribution in [3.8, 4) is 0 Å². The fourth-order valence-corrected chi connectivity index (χ4v) is 1.93. The van der Waals surface area contributed by atoms with E-state index in [1.165, 1.54) is 0 Å². The van der Waals surface area contributed by atoms with E-state index in [2.05, 4.69) is 15.6 Å². The fraction of sp³-hybridized carbons (Fsp3) is 0.611. The topological polar surface area (TPSA) is 80.3 Å². The van der Waals surface area contributed by atoms with E-state index in [9.17, 15) is 9.59 Å². The molecule has 0 aliphatic rings. The minimum Gasteiger partial charge on any atom is -0.444 e. The largest absolute Gasteiger partial charge is 0.444 e. The molecule has 1 aromatic rings. The van der Waals surface area contributed by atoms with Crippen LogP contribution in [-0.4, -0.2) is 28.6 Å². The second kappa shape index (κ2) is 8.66. The maximum absolute atomic E-state index is 12.3. The molecule has 0 aliphatic carbocycles. The molecule has 0 saturated carbocycles. The van der Waals surface area contributed by atoms with E-state index < -0.39 is 17.7 Å². The first-order valence-electron chi connectivity index (χ1n) is 8.28. The molecule has 0 fully saturated rings. The summed E-state index contributed by atoms with van der Waals surface area (Å²) in [4.78, 5) is 28.6. The van der Waals surface area contributed by atoms with Crippen molar-refractivity contribution in [2.75, 3.05) is 0 Å². The van der Waals surface area contributed by atoms with Crippen molar-refractivity contribution < 1.29 is 14.3 Å². The third-order valence-electron chi connectivity index (χ3n) is 3.51. The van der Waals surface area contributed by atoms with E-state index in [1.54, 1.807) is 39.1 Å². The highest BCUT2D eigenvalue weighted by Crippen LogP contribution is 2.16. The predicted molar refractivity (Wildman–Crippen MR) is 93.4 cm³/mol. The van der Waals surface area contributed by atoms with Gasteiger partial charge in [0, 0.05) is 12.2 Å². The van der Waals surface area contributed by atoms with Crippen LogP contribution in [-0.2, 0) is 9.53 Å². The van der Waals surface area contributed by atoms with Crippen LogP contribution in [0.4, 0.5) is 4.79 Å². The number of amides is 2. The van der Waals surface area contributed by atoms with Crippen molar-refractivity contribution >= 4 is 12.0 Å². The summed E-state index contributed by atoms with van der Waals surface area (Å²) in [5.41, 5.74) is 0.0170. The summed E-state index contributed by atoms with van der Waals surface area (Å²) < 4.78 is 5.28. The number of rotatable bonds is 6. The Hall–Kier alpha value is -2.11. The molecule has 24 heavy (non-hydrogen) atoms. The van der Waals surface area contributed by atoms with Crippen LogP contribution in [0, 0.1) is 5.92 Å². The van der Waals surface area contributed by atoms with Gasteiger partial charge in [-0.15, -0.1) is 0 Å². The summed E-state index contributed by atoms with van der Waals surface area (Å²) >= 11 is 0. The van der Waals surface area contributed by atoms with Gasteiger partial charge in [0.05, 0.1) is 18.2 Å². The number of hydrogen-bond donors (Lipinski definition) is 2. The number of carbonyl (C=O) groups is 2. The van der Waals surface area contributed by atoms with Crippen LogP contribution in [0.5, 0.6) is 0 Å². The quantitative estimate of drug-likeness (QED) is 0.836. The Morgan fingerprint density at radius 2 is 1.83 bits per heavy atom. The van der Waals surface area contributed by atoms with Crippen LogP contribution < -0.4 is 10.6 Å². The molecule has 2 amide bonds. The van der Waals surface area contributed by atoms with E-state index in [4.69, 9.17) is 4.74 Å². The van der Waals surface area contributed by atoms with Gasteiger partial charge < -0.3 is 15.4 Å². The van der Waals surface area contributed by atoms with E-state index in [0.29, 0.717) is 11.6 Å². The number of alkyl carbamates (subject to hydrolysis) is 1. The molecule has 0 saturated heterocycles. The highest BCUT2D eigenvalue weighted by molar-refractivity contribution is 5.78. The zero-order valence-electron chi connectivity index (χ0n) is 15.4. The average molecular weight is 335 g/mol. The van der Waals surface area contributed by atoms with Gasteiger partial charge in [-0.3, -0.25) is 9.78 Å². The lowest BCUT2D eigenvalue weighted by Crippen LogP contribution is -2.40. The summed E-state index contributed by atoms with van der Waals surface area (Å²) in [7, 11) is 0. The van der Waals surface area contributed by atoms with E-state index >= 15 is 0 Å². The molecule has 1 rings (SSSR count). The SMILES string of the molecule is CC(C)C(C)NC(=O)CC(NC(=O)OC(C)(C)C)c1ccccn1. The number of nitrogens with zero attached hydrogens (tertiary/aromatic N) is 1. The molecule has 0 aromatic carbocycles. The van der Waals surface area contributed by atoms with Crippen LogP contribution in [0.3, 0.4) is 0 Å². The Balaban J connectivity index is 2.79. The second-order valence-electron chi connectivity index (χ2n) is 7.26. The predicted octanol–water partition coefficient (Wildman–Crippen LogP) is 3.20. The molecule has 0 bridgehead atoms. The van der Waals surface area contributed by atoms with Gasteiger partial charge in [0.25, 0.3) is 0 Å². The van der Waals surface area contributed by atoms with E-state index in [-0.39, 0.29) is 18.4 Å². The van der Waals surface area contributed by atoms with Crippen molar-refractivity contribution in [2.24, 2.45) is 5.92 Å². The van der Waals surface area contributed by atoms with E-state index in [1.807, 2.05) is 26.8 Å². The molecule has 2 unspecified atom stereocenters. The molecule has 134 valence electrons. The maximum atomic E-state index is 12.3. The molecule has 0 spiro atoms. The van der Waals surface area contributed by atoms with Crippen LogP contribution in [0.1, 0.15) is 59.7 Å². The summed E-state index contributed by atoms with van der Waals surface area (Å²) in [5.74, 6) is 0.198. The van der Waals surface area contributed by atoms with Crippen molar-refractivity contribution in [1.29, 1.82) is 0 Å². The highest BCUT2D eigenvalue weighted by atomic mass is 16.6. The normalized spacial score (nSPS) is 14.0. The Morgan fingerprint density at radius 1 is 1.17 bits per heavy atom. The number of carbonyl (C=O) groups excluding carboxylic acids is 2. The molecule has 1 heterocycles. The third kappa shape index (κ3) is 7.44. The Bertz CT molecular complexity index is 538. The Kier molecular flexibility index (Phi) is 7.19. The minimum atomic E-state index is -0.604. The fourth-order valence-electron chi connectivity index (χ4n) is 1.93. The summed E-state index contributed by atoms with van der Waals surface area (Å²) in [6, 6.07) is 4.90. The molecular weight excluding hydrogens is 306 g/mol. The zero-order valence-corrected chi connectivity index (χ0v) is 15.4. The maximum Gasteiger partial charge on any atom is 0.408 e. The minimum absolute atomic E-state index is 0.0587. The van der Waals surface area contributed by atoms with Gasteiger partial charge in [-0.25, -0.2) is 4.79 Å². The van der Waals surface area contributed by atoms with E-state index in [0.717, 1.165) is 0 Å². The van der Waals surface area contributed by atoms with Gasteiger partial charge in [-0.05, 0) is 45.7 Å². The number of nitrogens with one attached hydrogen (secondary N) is 2. The lowest BCUT2D eigenvalue weighted by atomic mass is 10.0. The molecule has 6 nitrogen and oxygen atoms in total. The van der Waals surface area contributed by atoms with Gasteiger partial charge in [0.15, 0.2) is 0 Å². The number of hydrogen-bond acceptors (Lipinski definition) is 4. The number of aromatic nitrogens is 1. The smallest absolute Gasteiger partial charge is 0.408 e. The van der Waals surface area contributed by atoms with Crippen molar-refractivity contribution in [3.63, 3.8) is 0 Å². The second-order valence-corrected chi connectivity index (χ2v) is 7.26. The first kappa shape index (κ1) is 19.9. The molecular formula is C18H29N3O3. The summed E-state index contributed by atoms with van der Waals surface area (Å²) in [6.45, 7) is 11.4. The molecule has 0 aliphatic heterocycles. The highest BCUT2D eigenvalue weighted by Gasteiger charge is 2.24. The average Bonchev–Trinajstić information content (AvgIpc) is 2.45. The standard InChI is InChI=1S/C18H29N3O3/c1-12(2)13(3)20-16(22)11-15(14-9-7-8-10-19-14)21-17(23)24-18(4,5)6/h7-10,12-13,15H,11H2,1-6H3,(H,20,22)(H,21,23). The van der Waals surface area contributed by atoms with Crippen LogP contribution in [0.25, 0.3) is 0 Å². The monoisotopic (exact) mass is 335 g/mol. The van der Waals surface area contributed by atoms with Crippen molar-refractivity contribution in [2.45, 2.75) is 65.6 Å². The van der Waals surface area contributed by atoms with Crippen LogP contribution in [0.15, 0.2) is 24.4 Å². The molecule has 1 aromatic heterocycles. The lowest BCUT2D eigenvalue weighted by molar-refractivity contribution is -0.122. The third-order valence-corrected chi connectivity index (χ3v) is 3.51. The molecule has 2 N–H and O–H groups in total. The zero-order chi connectivity index (χ0) is 18.3. The molecule has 0 radical (unpaired) electrons. The van der Waals surface area contributed by atoms with Crippen molar-refractivity contribution in [1.82, 2.24) is 15.6 Å². The van der Waals surface area contributed by atoms with Gasteiger partial charge in [0.1, 0.15) is 5.60 Å². The van der Waals surface area contributed by atoms with Gasteiger partial charge >= 0.3 is 6.09 Å². The van der Waals surface area contributed by atoms with Crippen LogP contribution in [0.2, 0.25) is 0 Å². The Morgan fingerprint density at radius 3 is 2.33 bits per heavy atom. The molecule has 6 heteroatoms. The first-order valence-corrected chi connectivity index (χ1v) is 8.28. The van der Waals surface area contributed by atoms with Gasteiger partial charge in [-0.2, -0.15) is 0 Å². The number of ether oxygens (including phenoxy) is 1. The van der Waals surface area contributed by atoms with Crippen LogP contribution >= 0.6 is 0 Å². The van der Waals surface area contributed by atoms with Gasteiger partial charge in [0.2, 0.25) is 5.91 Å².